The van der Waals surface area contributed by atoms with Crippen molar-refractivity contribution in [1.29, 1.82) is 0 Å². The molecular formula is C92H154CaO14S2. The number of unbranched alkanes of at least 4 members (excludes halogenated alkanes) is 52. The van der Waals surface area contributed by atoms with Gasteiger partial charge in [-0.05, 0) is 153 Å². The van der Waals surface area contributed by atoms with Gasteiger partial charge in [-0.3, -0.25) is 0 Å². The SMILES string of the molecule is CCCCCCCCCC/C=C/CCCCCCCOC(=O)c1cccc(S(=O)(=O)[O-])c1C(=O)OCCCCCCC/C=C/CCCCCCCCCC.CCCCCCCCCC/C=C/CCCCCCCOC(=O)c1cccc(S(=O)(=O)[O-])c1C(=O)OCCCCCCC/C=C/CCCCCCCCCC.[Ca+2]. The largest absolute Gasteiger partial charge is 2.00 e. The molecule has 0 heterocycles. The minimum atomic E-state index is -5.02. The third-order valence-corrected chi connectivity index (χ3v) is 21.8. The molecule has 0 aliphatic heterocycles. The summed E-state index contributed by atoms with van der Waals surface area (Å²) in [5.41, 5.74) is -1.59. The van der Waals surface area contributed by atoms with Gasteiger partial charge in [0.1, 0.15) is 20.2 Å². The number of benzene rings is 2. The smallest absolute Gasteiger partial charge is 0.744 e. The second kappa shape index (κ2) is 77.0. The van der Waals surface area contributed by atoms with E-state index < -0.39 is 65.0 Å². The molecule has 2 aromatic rings. The van der Waals surface area contributed by atoms with Crippen molar-refractivity contribution >= 4 is 81.9 Å². The Morgan fingerprint density at radius 3 is 0.606 bits per heavy atom. The predicted molar refractivity (Wildman–Crippen MR) is 452 cm³/mol. The van der Waals surface area contributed by atoms with Crippen molar-refractivity contribution in [3.8, 4) is 0 Å². The zero-order chi connectivity index (χ0) is 78.8. The predicted octanol–water partition coefficient (Wildman–Crippen LogP) is 27.1. The maximum absolute atomic E-state index is 13.0. The van der Waals surface area contributed by atoms with Gasteiger partial charge in [-0.1, -0.05) is 345 Å². The summed E-state index contributed by atoms with van der Waals surface area (Å²) in [7, 11) is -10.0. The number of ether oxygens (including phenoxy) is 4. The van der Waals surface area contributed by atoms with E-state index in [0.717, 1.165) is 153 Å². The van der Waals surface area contributed by atoms with Crippen molar-refractivity contribution in [2.75, 3.05) is 26.4 Å². The summed E-state index contributed by atoms with van der Waals surface area (Å²) in [6, 6.07) is 7.22. The maximum atomic E-state index is 13.0. The summed E-state index contributed by atoms with van der Waals surface area (Å²) in [6.45, 7) is 9.47. The fourth-order valence-electron chi connectivity index (χ4n) is 13.3. The summed E-state index contributed by atoms with van der Waals surface area (Å²) < 4.78 is 93.4. The Hall–Kier alpha value is -3.64. The Bertz CT molecular complexity index is 2670. The molecule has 0 aliphatic carbocycles. The fraction of sp³-hybridized carbons (Fsp3) is 0.739. The topological polar surface area (TPSA) is 220 Å². The number of hydrogen-bond donors (Lipinski definition) is 0. The standard InChI is InChI=1S/2C46H78O7S.Ca/c2*1-3-5-7-9-11-13-15-17-19-21-23-25-27-29-31-33-35-40-52-45(47)42-38-37-39-43(54(49,50)51)44(42)46(48)53-41-36-34-32-30-28-26-24-22-20-18-16-14-12-10-8-6-4-2;/h2*21-24,37-39H,3-20,25-36,40-41H2,1-2H3,(H,49,50,51);/q;;+2/p-2/b2*23-21+,24-22+;. The van der Waals surface area contributed by atoms with E-state index in [1.807, 2.05) is 0 Å². The van der Waals surface area contributed by atoms with Crippen LogP contribution in [0.4, 0.5) is 0 Å². The summed E-state index contributed by atoms with van der Waals surface area (Å²) in [6.07, 6.45) is 89.4. The Morgan fingerprint density at radius 2 is 0.422 bits per heavy atom. The number of carbonyl (C=O) groups is 4. The van der Waals surface area contributed by atoms with Crippen molar-refractivity contribution in [2.45, 2.75) is 423 Å². The van der Waals surface area contributed by atoms with Crippen LogP contribution in [0.15, 0.2) is 94.8 Å². The van der Waals surface area contributed by atoms with Crippen LogP contribution in [0.1, 0.15) is 454 Å². The summed E-state index contributed by atoms with van der Waals surface area (Å²) >= 11 is 0. The molecule has 0 bridgehead atoms. The van der Waals surface area contributed by atoms with Crippen molar-refractivity contribution in [2.24, 2.45) is 0 Å². The zero-order valence-corrected chi connectivity index (χ0v) is 73.4. The monoisotopic (exact) mass is 1590 g/mol. The van der Waals surface area contributed by atoms with Gasteiger partial charge in [0.2, 0.25) is 0 Å². The molecule has 0 fully saturated rings. The van der Waals surface area contributed by atoms with Gasteiger partial charge in [0.15, 0.2) is 0 Å². The van der Waals surface area contributed by atoms with Gasteiger partial charge >= 0.3 is 61.6 Å². The van der Waals surface area contributed by atoms with E-state index in [1.165, 1.54) is 243 Å². The van der Waals surface area contributed by atoms with Gasteiger partial charge < -0.3 is 28.1 Å². The Kier molecular flexibility index (Phi) is 74.4. The number of esters is 4. The third-order valence-electron chi connectivity index (χ3n) is 20.0. The van der Waals surface area contributed by atoms with E-state index in [-0.39, 0.29) is 75.3 Å². The first kappa shape index (κ1) is 105. The molecule has 109 heavy (non-hydrogen) atoms. The normalized spacial score (nSPS) is 11.8. The molecule has 0 saturated heterocycles. The van der Waals surface area contributed by atoms with E-state index in [0.29, 0.717) is 25.7 Å². The van der Waals surface area contributed by atoms with Crippen LogP contribution in [0, 0.1) is 0 Å². The van der Waals surface area contributed by atoms with Crippen LogP contribution in [-0.2, 0) is 39.2 Å². The third kappa shape index (κ3) is 62.4. The number of rotatable bonds is 74. The van der Waals surface area contributed by atoms with Crippen LogP contribution >= 0.6 is 0 Å². The van der Waals surface area contributed by atoms with Crippen LogP contribution < -0.4 is 0 Å². The number of carbonyl (C=O) groups excluding carboxylic acids is 4. The Morgan fingerprint density at radius 1 is 0.257 bits per heavy atom. The molecule has 0 saturated carbocycles. The molecule has 0 unspecified atom stereocenters. The van der Waals surface area contributed by atoms with Crippen molar-refractivity contribution in [3.63, 3.8) is 0 Å². The summed E-state index contributed by atoms with van der Waals surface area (Å²) in [5, 5.41) is 0. The zero-order valence-electron chi connectivity index (χ0n) is 69.6. The van der Waals surface area contributed by atoms with E-state index in [9.17, 15) is 45.1 Å². The van der Waals surface area contributed by atoms with Crippen molar-refractivity contribution in [3.05, 3.63) is 107 Å². The molecule has 0 atom stereocenters. The molecule has 0 aromatic heterocycles. The second-order valence-corrected chi connectivity index (χ2v) is 32.7. The Balaban J connectivity index is 0.00000212. The van der Waals surface area contributed by atoms with E-state index in [4.69, 9.17) is 18.9 Å². The minimum Gasteiger partial charge on any atom is -0.744 e. The average Bonchev–Trinajstić information content (AvgIpc) is 0.798. The van der Waals surface area contributed by atoms with Gasteiger partial charge in [-0.2, -0.15) is 0 Å². The molecule has 2 rings (SSSR count). The van der Waals surface area contributed by atoms with Crippen LogP contribution in [0.25, 0.3) is 0 Å². The van der Waals surface area contributed by atoms with E-state index in [2.05, 4.69) is 76.3 Å². The molecule has 0 aliphatic rings. The average molecular weight is 1590 g/mol. The van der Waals surface area contributed by atoms with Crippen LogP contribution in [-0.4, -0.2) is 114 Å². The van der Waals surface area contributed by atoms with Gasteiger partial charge in [-0.15, -0.1) is 0 Å². The van der Waals surface area contributed by atoms with Crippen molar-refractivity contribution < 1.29 is 64.1 Å². The van der Waals surface area contributed by atoms with Gasteiger partial charge in [0.25, 0.3) is 0 Å². The summed E-state index contributed by atoms with van der Waals surface area (Å²) in [5.74, 6) is -3.65. The van der Waals surface area contributed by atoms with E-state index in [1.54, 1.807) is 0 Å². The molecule has 0 N–H and O–H groups in total. The molecule has 620 valence electrons. The fourth-order valence-corrected chi connectivity index (χ4v) is 14.7. The second-order valence-electron chi connectivity index (χ2n) is 30.0. The van der Waals surface area contributed by atoms with Crippen LogP contribution in [0.3, 0.4) is 0 Å². The molecule has 17 heteroatoms. The number of allylic oxidation sites excluding steroid dienone is 8. The first-order valence-electron chi connectivity index (χ1n) is 44.1. The molecule has 0 amide bonds. The maximum Gasteiger partial charge on any atom is 2.00 e. The van der Waals surface area contributed by atoms with Crippen LogP contribution in [0.2, 0.25) is 0 Å². The molecule has 0 spiro atoms. The van der Waals surface area contributed by atoms with Crippen LogP contribution in [0.5, 0.6) is 0 Å². The number of hydrogen-bond acceptors (Lipinski definition) is 14. The first-order chi connectivity index (χ1) is 52.6. The molecule has 2 aromatic carbocycles. The molecular weight excluding hydrogens is 1430 g/mol. The molecule has 14 nitrogen and oxygen atoms in total. The molecule has 0 radical (unpaired) electrons. The van der Waals surface area contributed by atoms with Crippen molar-refractivity contribution in [1.82, 2.24) is 0 Å². The summed E-state index contributed by atoms with van der Waals surface area (Å²) in [4.78, 5) is 50.3. The Labute approximate surface area is 696 Å². The van der Waals surface area contributed by atoms with Gasteiger partial charge in [-0.25, -0.2) is 36.0 Å². The quantitative estimate of drug-likeness (QED) is 0.0150. The van der Waals surface area contributed by atoms with E-state index >= 15 is 0 Å². The first-order valence-corrected chi connectivity index (χ1v) is 46.9. The van der Waals surface area contributed by atoms with Gasteiger partial charge in [0, 0.05) is 0 Å². The minimum absolute atomic E-state index is 0. The van der Waals surface area contributed by atoms with Gasteiger partial charge in [0.05, 0.1) is 58.5 Å².